The van der Waals surface area contributed by atoms with E-state index in [0.717, 1.165) is 5.82 Å². The molecule has 1 fully saturated rings. The van der Waals surface area contributed by atoms with Crippen molar-refractivity contribution < 1.29 is 8.42 Å². The molecule has 6 heteroatoms. The van der Waals surface area contributed by atoms with Crippen molar-refractivity contribution >= 4 is 21.3 Å². The zero-order chi connectivity index (χ0) is 11.8. The molecule has 1 aliphatic heterocycles. The average Bonchev–Trinajstić information content (AvgIpc) is 2.15. The third kappa shape index (κ3) is 2.27. The first-order valence-electron chi connectivity index (χ1n) is 5.16. The van der Waals surface area contributed by atoms with Gasteiger partial charge in [0, 0.05) is 30.5 Å². The minimum atomic E-state index is -2.88. The zero-order valence-corrected chi connectivity index (χ0v) is 9.94. The van der Waals surface area contributed by atoms with Crippen molar-refractivity contribution in [2.45, 2.75) is 13.0 Å². The van der Waals surface area contributed by atoms with E-state index >= 15 is 0 Å². The molecular formula is C10H15N3O2S. The largest absolute Gasteiger partial charge is 0.399 e. The fourth-order valence-electron chi connectivity index (χ4n) is 1.93. The van der Waals surface area contributed by atoms with Gasteiger partial charge in [-0.05, 0) is 13.0 Å². The second kappa shape index (κ2) is 3.93. The summed E-state index contributed by atoms with van der Waals surface area (Å²) in [5, 5.41) is 0. The molecule has 1 atom stereocenters. The highest BCUT2D eigenvalue weighted by Gasteiger charge is 2.28. The zero-order valence-electron chi connectivity index (χ0n) is 9.13. The molecule has 0 aromatic carbocycles. The summed E-state index contributed by atoms with van der Waals surface area (Å²) in [4.78, 5) is 6.20. The Labute approximate surface area is 95.2 Å². The number of nitrogen functional groups attached to an aromatic ring is 1. The van der Waals surface area contributed by atoms with Gasteiger partial charge in [0.25, 0.3) is 0 Å². The van der Waals surface area contributed by atoms with E-state index in [1.807, 2.05) is 11.8 Å². The number of hydrogen-bond donors (Lipinski definition) is 1. The third-order valence-electron chi connectivity index (χ3n) is 2.73. The minimum Gasteiger partial charge on any atom is -0.399 e. The van der Waals surface area contributed by atoms with E-state index in [9.17, 15) is 8.42 Å². The molecular weight excluding hydrogens is 226 g/mol. The van der Waals surface area contributed by atoms with Crippen LogP contribution >= 0.6 is 0 Å². The lowest BCUT2D eigenvalue weighted by Crippen LogP contribution is -2.47. The lowest BCUT2D eigenvalue weighted by molar-refractivity contribution is 0.567. The van der Waals surface area contributed by atoms with Gasteiger partial charge in [0.15, 0.2) is 9.84 Å². The minimum absolute atomic E-state index is 0.0481. The van der Waals surface area contributed by atoms with Gasteiger partial charge in [0.05, 0.1) is 11.5 Å². The van der Waals surface area contributed by atoms with E-state index in [-0.39, 0.29) is 17.5 Å². The van der Waals surface area contributed by atoms with Crippen LogP contribution in [0.15, 0.2) is 18.3 Å². The SMILES string of the molecule is CC1CS(=O)(=O)CCN1c1cc(N)ccn1. The van der Waals surface area contributed by atoms with E-state index < -0.39 is 9.84 Å². The highest BCUT2D eigenvalue weighted by atomic mass is 32.2. The molecule has 1 aliphatic rings. The van der Waals surface area contributed by atoms with Crippen molar-refractivity contribution in [2.24, 2.45) is 0 Å². The first-order valence-corrected chi connectivity index (χ1v) is 6.99. The lowest BCUT2D eigenvalue weighted by Gasteiger charge is -2.34. The Morgan fingerprint density at radius 1 is 1.56 bits per heavy atom. The van der Waals surface area contributed by atoms with Crippen LogP contribution in [0.4, 0.5) is 11.5 Å². The number of nitrogens with two attached hydrogens (primary N) is 1. The van der Waals surface area contributed by atoms with E-state index in [0.29, 0.717) is 12.2 Å². The van der Waals surface area contributed by atoms with Gasteiger partial charge in [0.1, 0.15) is 5.82 Å². The average molecular weight is 241 g/mol. The summed E-state index contributed by atoms with van der Waals surface area (Å²) < 4.78 is 22.9. The molecule has 2 N–H and O–H groups in total. The van der Waals surface area contributed by atoms with Crippen LogP contribution < -0.4 is 10.6 Å². The Bertz CT molecular complexity index is 487. The van der Waals surface area contributed by atoms with Gasteiger partial charge in [0.2, 0.25) is 0 Å². The number of hydrogen-bond acceptors (Lipinski definition) is 5. The van der Waals surface area contributed by atoms with Crippen molar-refractivity contribution in [3.05, 3.63) is 18.3 Å². The maximum Gasteiger partial charge on any atom is 0.154 e. The van der Waals surface area contributed by atoms with Crippen LogP contribution in [0.2, 0.25) is 0 Å². The molecule has 1 saturated heterocycles. The molecule has 5 nitrogen and oxygen atoms in total. The van der Waals surface area contributed by atoms with Gasteiger partial charge in [-0.2, -0.15) is 0 Å². The fraction of sp³-hybridized carbons (Fsp3) is 0.500. The molecule has 0 saturated carbocycles. The number of nitrogens with zero attached hydrogens (tertiary/aromatic N) is 2. The normalized spacial score (nSPS) is 24.3. The van der Waals surface area contributed by atoms with E-state index in [1.54, 1.807) is 18.3 Å². The Hall–Kier alpha value is -1.30. The van der Waals surface area contributed by atoms with E-state index in [2.05, 4.69) is 4.98 Å². The molecule has 16 heavy (non-hydrogen) atoms. The van der Waals surface area contributed by atoms with Crippen LogP contribution in [0, 0.1) is 0 Å². The first kappa shape index (κ1) is 11.2. The Kier molecular flexibility index (Phi) is 2.75. The standard InChI is InChI=1S/C10H15N3O2S/c1-8-7-16(14,15)5-4-13(8)10-6-9(11)2-3-12-10/h2-3,6,8H,4-5,7H2,1H3,(H2,11,12). The second-order valence-electron chi connectivity index (χ2n) is 4.10. The quantitative estimate of drug-likeness (QED) is 0.764. The Morgan fingerprint density at radius 3 is 2.94 bits per heavy atom. The summed E-state index contributed by atoms with van der Waals surface area (Å²) in [6.07, 6.45) is 1.64. The molecule has 88 valence electrons. The molecule has 2 heterocycles. The van der Waals surface area contributed by atoms with E-state index in [4.69, 9.17) is 5.73 Å². The van der Waals surface area contributed by atoms with Gasteiger partial charge < -0.3 is 10.6 Å². The highest BCUT2D eigenvalue weighted by Crippen LogP contribution is 2.20. The maximum atomic E-state index is 11.4. The number of anilines is 2. The van der Waals surface area contributed by atoms with Gasteiger partial charge >= 0.3 is 0 Å². The van der Waals surface area contributed by atoms with Crippen molar-refractivity contribution in [1.29, 1.82) is 0 Å². The summed E-state index contributed by atoms with van der Waals surface area (Å²) in [5.74, 6) is 1.12. The molecule has 1 aromatic rings. The number of aromatic nitrogens is 1. The summed E-state index contributed by atoms with van der Waals surface area (Å²) in [6.45, 7) is 2.38. The predicted molar refractivity (Wildman–Crippen MR) is 64.1 cm³/mol. The number of pyridine rings is 1. The Morgan fingerprint density at radius 2 is 2.31 bits per heavy atom. The lowest BCUT2D eigenvalue weighted by atomic mass is 10.3. The van der Waals surface area contributed by atoms with Crippen LogP contribution in [-0.4, -0.2) is 37.5 Å². The number of sulfone groups is 1. The monoisotopic (exact) mass is 241 g/mol. The molecule has 0 aliphatic carbocycles. The molecule has 1 unspecified atom stereocenters. The summed E-state index contributed by atoms with van der Waals surface area (Å²) in [6, 6.07) is 3.44. The third-order valence-corrected chi connectivity index (χ3v) is 4.53. The molecule has 0 bridgehead atoms. The van der Waals surface area contributed by atoms with Crippen LogP contribution in [0.1, 0.15) is 6.92 Å². The summed E-state index contributed by atoms with van der Waals surface area (Å²) in [5.41, 5.74) is 6.32. The van der Waals surface area contributed by atoms with Crippen LogP contribution in [-0.2, 0) is 9.84 Å². The van der Waals surface area contributed by atoms with E-state index in [1.165, 1.54) is 0 Å². The fourth-order valence-corrected chi connectivity index (χ4v) is 3.49. The van der Waals surface area contributed by atoms with Gasteiger partial charge in [-0.25, -0.2) is 13.4 Å². The van der Waals surface area contributed by atoms with Gasteiger partial charge in [-0.3, -0.25) is 0 Å². The first-order chi connectivity index (χ1) is 7.48. The molecule has 0 spiro atoms. The van der Waals surface area contributed by atoms with Crippen LogP contribution in [0.3, 0.4) is 0 Å². The predicted octanol–water partition coefficient (Wildman–Crippen LogP) is 0.287. The topological polar surface area (TPSA) is 76.3 Å². The summed E-state index contributed by atoms with van der Waals surface area (Å²) in [7, 11) is -2.88. The van der Waals surface area contributed by atoms with Crippen molar-refractivity contribution in [1.82, 2.24) is 4.98 Å². The smallest absolute Gasteiger partial charge is 0.154 e. The van der Waals surface area contributed by atoms with Gasteiger partial charge in [-0.1, -0.05) is 0 Å². The van der Waals surface area contributed by atoms with Crippen molar-refractivity contribution in [3.8, 4) is 0 Å². The molecule has 0 amide bonds. The Balaban J connectivity index is 2.24. The van der Waals surface area contributed by atoms with Crippen molar-refractivity contribution in [3.63, 3.8) is 0 Å². The summed E-state index contributed by atoms with van der Waals surface area (Å²) >= 11 is 0. The second-order valence-corrected chi connectivity index (χ2v) is 6.33. The van der Waals surface area contributed by atoms with Gasteiger partial charge in [-0.15, -0.1) is 0 Å². The number of rotatable bonds is 1. The molecule has 1 aromatic heterocycles. The van der Waals surface area contributed by atoms with Crippen LogP contribution in [0.25, 0.3) is 0 Å². The maximum absolute atomic E-state index is 11.4. The van der Waals surface area contributed by atoms with Crippen molar-refractivity contribution in [2.75, 3.05) is 28.7 Å². The molecule has 2 rings (SSSR count). The van der Waals surface area contributed by atoms with Crippen LogP contribution in [0.5, 0.6) is 0 Å². The molecule has 0 radical (unpaired) electrons. The highest BCUT2D eigenvalue weighted by molar-refractivity contribution is 7.91.